The second-order valence-corrected chi connectivity index (χ2v) is 18.8. The van der Waals surface area contributed by atoms with Crippen LogP contribution in [0.2, 0.25) is 0 Å². The Morgan fingerprint density at radius 3 is 1.46 bits per heavy atom. The van der Waals surface area contributed by atoms with Crippen LogP contribution in [0.1, 0.15) is 180 Å². The first kappa shape index (κ1) is 41.9. The maximum atomic E-state index is 13.0. The van der Waals surface area contributed by atoms with Crippen LogP contribution >= 0.6 is 0 Å². The maximum absolute atomic E-state index is 13.0. The van der Waals surface area contributed by atoms with Gasteiger partial charge in [-0.25, -0.2) is 0 Å². The van der Waals surface area contributed by atoms with Gasteiger partial charge in [-0.3, -0.25) is 19.2 Å². The fourth-order valence-electron chi connectivity index (χ4n) is 9.92. The zero-order valence-corrected chi connectivity index (χ0v) is 34.1. The molecule has 0 aromatic heterocycles. The van der Waals surface area contributed by atoms with Crippen LogP contribution in [-0.2, 0) is 44.9 Å². The second-order valence-electron chi connectivity index (χ2n) is 18.8. The number of hydrogen-bond donors (Lipinski definition) is 4. The highest BCUT2D eigenvalue weighted by Crippen LogP contribution is 2.63. The molecule has 56 heavy (non-hydrogen) atoms. The Kier molecular flexibility index (Phi) is 13.1. The molecule has 4 aliphatic carbocycles. The summed E-state index contributed by atoms with van der Waals surface area (Å²) in [7, 11) is 0. The molecule has 306 valence electrons. The summed E-state index contributed by atoms with van der Waals surface area (Å²) in [5.74, 6) is -2.69. The third-order valence-corrected chi connectivity index (χ3v) is 14.5. The molecule has 0 bridgehead atoms. The average Bonchev–Trinajstić information content (AvgIpc) is 3.95. The molecular weight excluding hydrogens is 705 g/mol. The standard InChI is InChI=1S/C48H66O8/c1-33-17-18-35(36(29-33)14-7-11-20-46(25-26-46)42(51)52)13-5-4-10-22-48(44(55)56)32-40(48)39-31-34(2)30-37(15-6-3-9-19-45(23-24-45)41(49)50)38(39)16-8-12-21-47(27-28-47)43(53)54/h17-18,29-31,40H,3-16,19-28,32H2,1-2H3,(H,49,50)(H,51,52)(H,53,54)(H,55,56). The maximum Gasteiger partial charge on any atom is 0.310 e. The zero-order valence-electron chi connectivity index (χ0n) is 34.1. The first-order chi connectivity index (χ1) is 26.7. The van der Waals surface area contributed by atoms with E-state index in [0.717, 1.165) is 147 Å². The van der Waals surface area contributed by atoms with Gasteiger partial charge in [0.15, 0.2) is 0 Å². The molecule has 6 rings (SSSR count). The Morgan fingerprint density at radius 2 is 0.946 bits per heavy atom. The summed E-state index contributed by atoms with van der Waals surface area (Å²) >= 11 is 0. The number of aryl methyl sites for hydroxylation is 5. The Hall–Kier alpha value is -3.68. The average molecular weight is 771 g/mol. The van der Waals surface area contributed by atoms with Gasteiger partial charge in [0.2, 0.25) is 0 Å². The van der Waals surface area contributed by atoms with Crippen molar-refractivity contribution in [2.75, 3.05) is 0 Å². The third kappa shape index (κ3) is 9.88. The monoisotopic (exact) mass is 770 g/mol. The summed E-state index contributed by atoms with van der Waals surface area (Å²) in [5, 5.41) is 39.5. The van der Waals surface area contributed by atoms with E-state index in [2.05, 4.69) is 44.2 Å². The van der Waals surface area contributed by atoms with Crippen LogP contribution in [0.4, 0.5) is 0 Å². The molecule has 2 unspecified atom stereocenters. The number of rotatable bonds is 27. The molecular formula is C48H66O8. The molecule has 0 aliphatic heterocycles. The van der Waals surface area contributed by atoms with Crippen molar-refractivity contribution in [2.24, 2.45) is 21.7 Å². The van der Waals surface area contributed by atoms with Gasteiger partial charge < -0.3 is 20.4 Å². The van der Waals surface area contributed by atoms with E-state index in [1.165, 1.54) is 33.4 Å². The minimum Gasteiger partial charge on any atom is -0.481 e. The molecule has 0 saturated heterocycles. The van der Waals surface area contributed by atoms with Gasteiger partial charge in [-0.05, 0) is 164 Å². The molecule has 0 radical (unpaired) electrons. The van der Waals surface area contributed by atoms with E-state index in [1.54, 1.807) is 0 Å². The molecule has 0 spiro atoms. The highest BCUT2D eigenvalue weighted by Gasteiger charge is 2.60. The molecule has 8 heteroatoms. The number of benzene rings is 2. The number of hydrogen-bond acceptors (Lipinski definition) is 4. The van der Waals surface area contributed by atoms with Crippen molar-refractivity contribution in [2.45, 2.75) is 180 Å². The van der Waals surface area contributed by atoms with Crippen molar-refractivity contribution in [3.05, 3.63) is 69.3 Å². The largest absolute Gasteiger partial charge is 0.481 e. The number of carboxylic acids is 4. The van der Waals surface area contributed by atoms with Crippen molar-refractivity contribution >= 4 is 23.9 Å². The molecule has 2 aromatic carbocycles. The lowest BCUT2D eigenvalue weighted by molar-refractivity contribution is -0.144. The number of unbranched alkanes of at least 4 members (excludes halogenated alkanes) is 6. The topological polar surface area (TPSA) is 149 Å². The molecule has 8 nitrogen and oxygen atoms in total. The van der Waals surface area contributed by atoms with Gasteiger partial charge in [0.05, 0.1) is 21.7 Å². The molecule has 0 heterocycles. The van der Waals surface area contributed by atoms with Gasteiger partial charge >= 0.3 is 23.9 Å². The lowest BCUT2D eigenvalue weighted by atomic mass is 9.85. The van der Waals surface area contributed by atoms with E-state index >= 15 is 0 Å². The SMILES string of the molecule is Cc1ccc(CCCCCC2(C(=O)O)CC2c2cc(C)cc(CCCCCC3(C(=O)O)CC3)c2CCCCC2(C(=O)O)CC2)c(CCCCC2(C(=O)O)CC2)c1. The second kappa shape index (κ2) is 17.4. The molecule has 0 amide bonds. The smallest absolute Gasteiger partial charge is 0.310 e. The molecule has 2 aromatic rings. The molecule has 4 aliphatic rings. The van der Waals surface area contributed by atoms with Crippen molar-refractivity contribution in [1.29, 1.82) is 0 Å². The summed E-state index contributed by atoms with van der Waals surface area (Å²) in [6, 6.07) is 11.2. The Morgan fingerprint density at radius 1 is 0.500 bits per heavy atom. The molecule has 4 saturated carbocycles. The van der Waals surface area contributed by atoms with E-state index in [0.29, 0.717) is 19.3 Å². The first-order valence-electron chi connectivity index (χ1n) is 21.9. The first-order valence-corrected chi connectivity index (χ1v) is 21.9. The fraction of sp³-hybridized carbons (Fsp3) is 0.667. The minimum absolute atomic E-state index is 0.0210. The molecule has 4 fully saturated rings. The lowest BCUT2D eigenvalue weighted by Gasteiger charge is -2.20. The highest BCUT2D eigenvalue weighted by atomic mass is 16.4. The number of carbonyl (C=O) groups is 4. The van der Waals surface area contributed by atoms with Crippen molar-refractivity contribution < 1.29 is 39.6 Å². The van der Waals surface area contributed by atoms with Crippen LogP contribution < -0.4 is 0 Å². The zero-order chi connectivity index (χ0) is 40.1. The Balaban J connectivity index is 1.05. The fourth-order valence-corrected chi connectivity index (χ4v) is 9.92. The third-order valence-electron chi connectivity index (χ3n) is 14.5. The Labute approximate surface area is 333 Å². The van der Waals surface area contributed by atoms with E-state index in [9.17, 15) is 39.6 Å². The van der Waals surface area contributed by atoms with Gasteiger partial charge in [0.25, 0.3) is 0 Å². The van der Waals surface area contributed by atoms with Crippen LogP contribution in [0.5, 0.6) is 0 Å². The predicted molar refractivity (Wildman–Crippen MR) is 217 cm³/mol. The Bertz CT molecular complexity index is 1760. The molecule has 2 atom stereocenters. The minimum atomic E-state index is -0.750. The summed E-state index contributed by atoms with van der Waals surface area (Å²) in [6.45, 7) is 4.22. The van der Waals surface area contributed by atoms with E-state index in [-0.39, 0.29) is 5.92 Å². The lowest BCUT2D eigenvalue weighted by Crippen LogP contribution is -2.18. The number of aliphatic carboxylic acids is 4. The van der Waals surface area contributed by atoms with E-state index < -0.39 is 45.5 Å². The summed E-state index contributed by atoms with van der Waals surface area (Å²) < 4.78 is 0. The summed E-state index contributed by atoms with van der Waals surface area (Å²) in [4.78, 5) is 48.1. The number of carboxylic acid groups (broad SMARTS) is 4. The van der Waals surface area contributed by atoms with Gasteiger partial charge in [0, 0.05) is 5.92 Å². The predicted octanol–water partition coefficient (Wildman–Crippen LogP) is 10.8. The summed E-state index contributed by atoms with van der Waals surface area (Å²) in [5.41, 5.74) is 6.62. The normalized spacial score (nSPS) is 22.0. The van der Waals surface area contributed by atoms with Crippen LogP contribution in [0.15, 0.2) is 30.3 Å². The van der Waals surface area contributed by atoms with Gasteiger partial charge in [-0.2, -0.15) is 0 Å². The quantitative estimate of drug-likeness (QED) is 0.0656. The van der Waals surface area contributed by atoms with Crippen LogP contribution in [-0.4, -0.2) is 44.3 Å². The van der Waals surface area contributed by atoms with Gasteiger partial charge in [-0.15, -0.1) is 0 Å². The summed E-state index contributed by atoms with van der Waals surface area (Å²) in [6.07, 6.45) is 21.2. The van der Waals surface area contributed by atoms with Crippen LogP contribution in [0.3, 0.4) is 0 Å². The highest BCUT2D eigenvalue weighted by molar-refractivity contribution is 5.81. The van der Waals surface area contributed by atoms with E-state index in [1.807, 2.05) is 0 Å². The van der Waals surface area contributed by atoms with Gasteiger partial charge in [-0.1, -0.05) is 80.0 Å². The van der Waals surface area contributed by atoms with Crippen molar-refractivity contribution in [3.63, 3.8) is 0 Å². The molecule has 4 N–H and O–H groups in total. The van der Waals surface area contributed by atoms with E-state index in [4.69, 9.17) is 0 Å². The van der Waals surface area contributed by atoms with Crippen LogP contribution in [0.25, 0.3) is 0 Å². The van der Waals surface area contributed by atoms with Gasteiger partial charge in [0.1, 0.15) is 0 Å². The van der Waals surface area contributed by atoms with Crippen molar-refractivity contribution in [3.8, 4) is 0 Å². The van der Waals surface area contributed by atoms with Crippen LogP contribution in [0, 0.1) is 35.5 Å². The van der Waals surface area contributed by atoms with Crippen molar-refractivity contribution in [1.82, 2.24) is 0 Å².